The predicted molar refractivity (Wildman–Crippen MR) is 98.3 cm³/mol. The van der Waals surface area contributed by atoms with Crippen LogP contribution in [0, 0.1) is 0 Å². The Labute approximate surface area is 151 Å². The standard InChI is InChI=1S/C19H19NO5S/c1-19(2,3)14-8-10-15(11-9-14)26(23,24)20-16-7-5-4-6-13(16)12-17(20)25-18(21)22/h4-12H,1-3H3,(H,21,22). The maximum Gasteiger partial charge on any atom is 0.512 e. The molecule has 1 heterocycles. The van der Waals surface area contributed by atoms with E-state index in [-0.39, 0.29) is 16.2 Å². The topological polar surface area (TPSA) is 85.6 Å². The molecule has 0 saturated carbocycles. The Morgan fingerprint density at radius 3 is 2.23 bits per heavy atom. The van der Waals surface area contributed by atoms with E-state index in [2.05, 4.69) is 0 Å². The van der Waals surface area contributed by atoms with Gasteiger partial charge < -0.3 is 9.84 Å². The van der Waals surface area contributed by atoms with E-state index >= 15 is 0 Å². The van der Waals surface area contributed by atoms with Crippen LogP contribution in [0.4, 0.5) is 4.79 Å². The van der Waals surface area contributed by atoms with E-state index in [0.717, 1.165) is 9.54 Å². The van der Waals surface area contributed by atoms with Crippen molar-refractivity contribution in [2.45, 2.75) is 31.1 Å². The lowest BCUT2D eigenvalue weighted by Gasteiger charge is -2.19. The summed E-state index contributed by atoms with van der Waals surface area (Å²) in [6, 6.07) is 14.7. The molecule has 3 rings (SSSR count). The minimum atomic E-state index is -4.03. The number of ether oxygens (including phenoxy) is 1. The predicted octanol–water partition coefficient (Wildman–Crippen LogP) is 4.23. The molecule has 0 saturated heterocycles. The quantitative estimate of drug-likeness (QED) is 0.694. The molecule has 0 amide bonds. The van der Waals surface area contributed by atoms with Crippen LogP contribution in [0.15, 0.2) is 59.5 Å². The summed E-state index contributed by atoms with van der Waals surface area (Å²) in [4.78, 5) is 11.0. The minimum absolute atomic E-state index is 0.0575. The molecule has 0 aliphatic carbocycles. The first-order valence-corrected chi connectivity index (χ1v) is 9.42. The molecule has 0 atom stereocenters. The Hall–Kier alpha value is -2.80. The molecular formula is C19H19NO5S. The van der Waals surface area contributed by atoms with Gasteiger partial charge in [-0.2, -0.15) is 0 Å². The van der Waals surface area contributed by atoms with Crippen LogP contribution in [0.3, 0.4) is 0 Å². The van der Waals surface area contributed by atoms with E-state index in [4.69, 9.17) is 9.84 Å². The number of rotatable bonds is 3. The minimum Gasteiger partial charge on any atom is -0.449 e. The smallest absolute Gasteiger partial charge is 0.449 e. The molecule has 0 aliphatic heterocycles. The lowest BCUT2D eigenvalue weighted by molar-refractivity contribution is 0.142. The van der Waals surface area contributed by atoms with Crippen LogP contribution in [0.1, 0.15) is 26.3 Å². The molecule has 0 fully saturated rings. The summed E-state index contributed by atoms with van der Waals surface area (Å²) in [6.07, 6.45) is -1.58. The zero-order valence-electron chi connectivity index (χ0n) is 14.6. The number of nitrogens with zero attached hydrogens (tertiary/aromatic N) is 1. The van der Waals surface area contributed by atoms with Crippen molar-refractivity contribution >= 4 is 27.1 Å². The van der Waals surface area contributed by atoms with Crippen molar-refractivity contribution in [3.8, 4) is 5.88 Å². The molecule has 3 aromatic rings. The van der Waals surface area contributed by atoms with E-state index in [1.54, 1.807) is 36.4 Å². The molecular weight excluding hydrogens is 354 g/mol. The molecule has 136 valence electrons. The zero-order chi connectivity index (χ0) is 19.1. The molecule has 0 bridgehead atoms. The van der Waals surface area contributed by atoms with Gasteiger partial charge in [0.15, 0.2) is 0 Å². The highest BCUT2D eigenvalue weighted by atomic mass is 32.2. The largest absolute Gasteiger partial charge is 0.512 e. The summed E-state index contributed by atoms with van der Waals surface area (Å²) >= 11 is 0. The van der Waals surface area contributed by atoms with Crippen LogP contribution in [0.25, 0.3) is 10.9 Å². The molecule has 1 N–H and O–H groups in total. The van der Waals surface area contributed by atoms with Crippen LogP contribution in [0.2, 0.25) is 0 Å². The first-order valence-electron chi connectivity index (χ1n) is 7.98. The third kappa shape index (κ3) is 3.17. The highest BCUT2D eigenvalue weighted by Gasteiger charge is 2.26. The number of fused-ring (bicyclic) bond motifs is 1. The van der Waals surface area contributed by atoms with Gasteiger partial charge in [-0.1, -0.05) is 51.1 Å². The van der Waals surface area contributed by atoms with Gasteiger partial charge in [0, 0.05) is 11.5 Å². The van der Waals surface area contributed by atoms with Gasteiger partial charge in [-0.25, -0.2) is 17.2 Å². The third-order valence-electron chi connectivity index (χ3n) is 4.09. The molecule has 7 heteroatoms. The van der Waals surface area contributed by atoms with Gasteiger partial charge in [0.25, 0.3) is 10.0 Å². The molecule has 6 nitrogen and oxygen atoms in total. The van der Waals surface area contributed by atoms with Crippen molar-refractivity contribution < 1.29 is 23.1 Å². The van der Waals surface area contributed by atoms with Gasteiger partial charge in [0.1, 0.15) is 0 Å². The number of carbonyl (C=O) groups is 1. The van der Waals surface area contributed by atoms with Crippen molar-refractivity contribution in [3.63, 3.8) is 0 Å². The maximum absolute atomic E-state index is 13.2. The number of aromatic nitrogens is 1. The fourth-order valence-electron chi connectivity index (χ4n) is 2.75. The lowest BCUT2D eigenvalue weighted by Crippen LogP contribution is -2.17. The fraction of sp³-hybridized carbons (Fsp3) is 0.211. The Morgan fingerprint density at radius 1 is 1.04 bits per heavy atom. The summed E-state index contributed by atoms with van der Waals surface area (Å²) in [5, 5.41) is 9.52. The van der Waals surface area contributed by atoms with Gasteiger partial charge in [-0.05, 0) is 29.2 Å². The molecule has 0 aliphatic rings. The van der Waals surface area contributed by atoms with Gasteiger partial charge in [-0.15, -0.1) is 0 Å². The van der Waals surface area contributed by atoms with E-state index in [0.29, 0.717) is 10.9 Å². The van der Waals surface area contributed by atoms with Crippen LogP contribution in [-0.2, 0) is 15.4 Å². The Bertz CT molecular complexity index is 1070. The maximum atomic E-state index is 13.2. The second-order valence-corrected chi connectivity index (χ2v) is 8.74. The summed E-state index contributed by atoms with van der Waals surface area (Å²) in [5.74, 6) is -0.265. The summed E-state index contributed by atoms with van der Waals surface area (Å²) in [5.41, 5.74) is 1.24. The molecule has 2 aromatic carbocycles. The normalized spacial score (nSPS) is 12.3. The second kappa shape index (κ2) is 6.17. The van der Waals surface area contributed by atoms with Crippen LogP contribution >= 0.6 is 0 Å². The van der Waals surface area contributed by atoms with E-state index in [9.17, 15) is 13.2 Å². The number of carboxylic acid groups (broad SMARTS) is 1. The highest BCUT2D eigenvalue weighted by Crippen LogP contribution is 2.31. The van der Waals surface area contributed by atoms with Gasteiger partial charge in [0.2, 0.25) is 5.88 Å². The van der Waals surface area contributed by atoms with Gasteiger partial charge >= 0.3 is 6.16 Å². The van der Waals surface area contributed by atoms with Gasteiger partial charge in [-0.3, -0.25) is 0 Å². The zero-order valence-corrected chi connectivity index (χ0v) is 15.4. The second-order valence-electron chi connectivity index (χ2n) is 6.95. The Balaban J connectivity index is 2.19. The fourth-order valence-corrected chi connectivity index (χ4v) is 4.19. The van der Waals surface area contributed by atoms with Gasteiger partial charge in [0.05, 0.1) is 10.4 Å². The monoisotopic (exact) mass is 373 g/mol. The molecule has 0 radical (unpaired) electrons. The average Bonchev–Trinajstić information content (AvgIpc) is 2.91. The van der Waals surface area contributed by atoms with E-state index in [1.807, 2.05) is 20.8 Å². The highest BCUT2D eigenvalue weighted by molar-refractivity contribution is 7.90. The summed E-state index contributed by atoms with van der Waals surface area (Å²) in [7, 11) is -4.03. The Kier molecular flexibility index (Phi) is 4.28. The molecule has 1 aromatic heterocycles. The van der Waals surface area contributed by atoms with Crippen LogP contribution in [-0.4, -0.2) is 23.7 Å². The van der Waals surface area contributed by atoms with Crippen LogP contribution in [0.5, 0.6) is 5.88 Å². The summed E-state index contributed by atoms with van der Waals surface area (Å²) < 4.78 is 32.0. The van der Waals surface area contributed by atoms with Crippen molar-refractivity contribution in [1.29, 1.82) is 0 Å². The number of hydrogen-bond acceptors (Lipinski definition) is 4. The van der Waals surface area contributed by atoms with Crippen molar-refractivity contribution in [2.75, 3.05) is 0 Å². The van der Waals surface area contributed by atoms with Crippen molar-refractivity contribution in [2.24, 2.45) is 0 Å². The number of para-hydroxylation sites is 1. The lowest BCUT2D eigenvalue weighted by atomic mass is 9.87. The van der Waals surface area contributed by atoms with Crippen molar-refractivity contribution in [3.05, 3.63) is 60.2 Å². The summed E-state index contributed by atoms with van der Waals surface area (Å²) in [6.45, 7) is 6.11. The van der Waals surface area contributed by atoms with E-state index in [1.165, 1.54) is 18.2 Å². The molecule has 0 unspecified atom stereocenters. The average molecular weight is 373 g/mol. The third-order valence-corrected chi connectivity index (χ3v) is 5.81. The number of benzene rings is 2. The SMILES string of the molecule is CC(C)(C)c1ccc(S(=O)(=O)n2c(OC(=O)O)cc3ccccc32)cc1. The van der Waals surface area contributed by atoms with Crippen LogP contribution < -0.4 is 4.74 Å². The Morgan fingerprint density at radius 2 is 1.65 bits per heavy atom. The first-order chi connectivity index (χ1) is 12.1. The van der Waals surface area contributed by atoms with E-state index < -0.39 is 16.2 Å². The first kappa shape index (κ1) is 18.0. The number of hydrogen-bond donors (Lipinski definition) is 1. The van der Waals surface area contributed by atoms with Crippen molar-refractivity contribution in [1.82, 2.24) is 3.97 Å². The molecule has 0 spiro atoms. The molecule has 26 heavy (non-hydrogen) atoms.